The Balaban J connectivity index is 2.13. The van der Waals surface area contributed by atoms with E-state index in [1.807, 2.05) is 85.7 Å². The van der Waals surface area contributed by atoms with Crippen LogP contribution in [0.1, 0.15) is 87.1 Å². The van der Waals surface area contributed by atoms with E-state index in [0.717, 1.165) is 10.5 Å². The van der Waals surface area contributed by atoms with Crippen molar-refractivity contribution in [3.63, 3.8) is 0 Å². The molecule has 52 heavy (non-hydrogen) atoms. The second-order valence-corrected chi connectivity index (χ2v) is 14.6. The zero-order chi connectivity index (χ0) is 39.1. The van der Waals surface area contributed by atoms with Crippen molar-refractivity contribution in [2.24, 2.45) is 23.7 Å². The van der Waals surface area contributed by atoms with Gasteiger partial charge in [0, 0.05) is 18.2 Å². The molecule has 13 heteroatoms. The van der Waals surface area contributed by atoms with E-state index in [1.54, 1.807) is 6.92 Å². The number of hydrogen-bond donors (Lipinski definition) is 4. The molecule has 6 atom stereocenters. The minimum absolute atomic E-state index is 0.00918. The molecule has 4 N–H and O–H groups in total. The molecular weight excluding hydrogens is 666 g/mol. The summed E-state index contributed by atoms with van der Waals surface area (Å²) < 4.78 is 10.7. The maximum absolute atomic E-state index is 13.7. The first-order valence-electron chi connectivity index (χ1n) is 18.2. The molecule has 0 saturated heterocycles. The Morgan fingerprint density at radius 1 is 0.808 bits per heavy atom. The highest BCUT2D eigenvalue weighted by molar-refractivity contribution is 6.07. The predicted molar refractivity (Wildman–Crippen MR) is 198 cm³/mol. The van der Waals surface area contributed by atoms with Crippen LogP contribution < -0.4 is 21.3 Å². The average molecular weight is 726 g/mol. The summed E-state index contributed by atoms with van der Waals surface area (Å²) in [6, 6.07) is 5.11. The zero-order valence-electron chi connectivity index (χ0n) is 32.4. The van der Waals surface area contributed by atoms with Gasteiger partial charge < -0.3 is 30.7 Å². The van der Waals surface area contributed by atoms with Gasteiger partial charge in [0.15, 0.2) is 0 Å². The van der Waals surface area contributed by atoms with Crippen LogP contribution in [0.4, 0.5) is 4.79 Å². The Labute approximate surface area is 308 Å². The number of amides is 6. The van der Waals surface area contributed by atoms with Crippen LogP contribution in [0.15, 0.2) is 54.3 Å². The summed E-state index contributed by atoms with van der Waals surface area (Å²) in [5.74, 6) is -2.46. The largest absolute Gasteiger partial charge is 0.499 e. The highest BCUT2D eigenvalue weighted by Crippen LogP contribution is 2.27. The zero-order valence-corrected chi connectivity index (χ0v) is 32.4. The van der Waals surface area contributed by atoms with E-state index in [1.165, 1.54) is 25.3 Å². The fourth-order valence-electron chi connectivity index (χ4n) is 5.81. The van der Waals surface area contributed by atoms with Crippen molar-refractivity contribution in [3.05, 3.63) is 59.9 Å². The normalized spacial score (nSPS) is 17.3. The van der Waals surface area contributed by atoms with Gasteiger partial charge in [0.05, 0.1) is 13.2 Å². The number of ether oxygens (including phenoxy) is 2. The number of benzene rings is 1. The van der Waals surface area contributed by atoms with Crippen molar-refractivity contribution in [2.75, 3.05) is 7.11 Å². The van der Waals surface area contributed by atoms with Crippen molar-refractivity contribution < 1.29 is 38.2 Å². The molecule has 0 bridgehead atoms. The number of imide groups is 1. The second kappa shape index (κ2) is 21.0. The van der Waals surface area contributed by atoms with Gasteiger partial charge in [0.1, 0.15) is 30.5 Å². The smallest absolute Gasteiger partial charge is 0.408 e. The number of carbonyl (C=O) groups excluding carboxylic acids is 6. The van der Waals surface area contributed by atoms with Crippen LogP contribution in [0.25, 0.3) is 0 Å². The lowest BCUT2D eigenvalue weighted by molar-refractivity contribution is -0.140. The average Bonchev–Trinajstić information content (AvgIpc) is 3.44. The van der Waals surface area contributed by atoms with Crippen molar-refractivity contribution >= 4 is 35.6 Å². The lowest BCUT2D eigenvalue weighted by atomic mass is 9.96. The highest BCUT2D eigenvalue weighted by atomic mass is 16.5. The molecule has 6 amide bonds. The van der Waals surface area contributed by atoms with Crippen LogP contribution in [-0.4, -0.2) is 77.8 Å². The van der Waals surface area contributed by atoms with E-state index in [9.17, 15) is 28.8 Å². The number of carbonyl (C=O) groups is 6. The van der Waals surface area contributed by atoms with Gasteiger partial charge >= 0.3 is 6.09 Å². The van der Waals surface area contributed by atoms with Crippen molar-refractivity contribution in [2.45, 2.75) is 118 Å². The first kappa shape index (κ1) is 43.5. The maximum Gasteiger partial charge on any atom is 0.408 e. The third kappa shape index (κ3) is 13.5. The van der Waals surface area contributed by atoms with Crippen LogP contribution in [0.3, 0.4) is 0 Å². The van der Waals surface area contributed by atoms with Crippen LogP contribution in [0, 0.1) is 23.7 Å². The molecule has 1 heterocycles. The summed E-state index contributed by atoms with van der Waals surface area (Å²) >= 11 is 0. The number of methoxy groups -OCH3 is 1. The van der Waals surface area contributed by atoms with Crippen molar-refractivity contribution in [3.8, 4) is 0 Å². The fourth-order valence-corrected chi connectivity index (χ4v) is 5.81. The van der Waals surface area contributed by atoms with Crippen molar-refractivity contribution in [1.82, 2.24) is 26.2 Å². The summed E-state index contributed by atoms with van der Waals surface area (Å²) in [5.41, 5.74) is 0.798. The fraction of sp³-hybridized carbons (Fsp3) is 0.590. The Kier molecular flexibility index (Phi) is 17.6. The number of rotatable bonds is 19. The summed E-state index contributed by atoms with van der Waals surface area (Å²) in [5, 5.41) is 11.1. The van der Waals surface area contributed by atoms with Gasteiger partial charge in [-0.25, -0.2) is 4.79 Å². The lowest BCUT2D eigenvalue weighted by Crippen LogP contribution is -2.58. The Bertz CT molecular complexity index is 1440. The quantitative estimate of drug-likeness (QED) is 0.152. The van der Waals surface area contributed by atoms with Gasteiger partial charge in [-0.2, -0.15) is 0 Å². The third-order valence-electron chi connectivity index (χ3n) is 8.74. The van der Waals surface area contributed by atoms with Crippen LogP contribution in [0.2, 0.25) is 0 Å². The molecule has 0 spiro atoms. The number of nitrogens with one attached hydrogen (secondary N) is 4. The van der Waals surface area contributed by atoms with E-state index >= 15 is 0 Å². The van der Waals surface area contributed by atoms with Gasteiger partial charge in [0.2, 0.25) is 17.7 Å². The number of alkyl carbamates (subject to hydrolysis) is 1. The molecule has 0 aliphatic carbocycles. The summed E-state index contributed by atoms with van der Waals surface area (Å²) in [4.78, 5) is 80.3. The van der Waals surface area contributed by atoms with Gasteiger partial charge in [-0.15, -0.1) is 0 Å². The molecule has 288 valence electrons. The lowest BCUT2D eigenvalue weighted by Gasteiger charge is -2.28. The standard InChI is InChI=1S/C39H59N5O8/c1-11-26(8)34(43-39(50)52-22-28-15-13-12-14-16-28)38(49)42-30(20-24(4)5)37(48)41-29(19-23(2)3)36(47)40-27(9)17-18-32(45)44-33(46)21-31(51-10)35(44)25(6)7/h12-18,21,23-27,29-30,34-35H,11,19-20,22H2,1-10H3,(H,40,47)(H,41,48)(H,42,49)(H,43,50)/b18-17+/t26-,27-,29-,30-,34-,35-/m0/s1. The van der Waals surface area contributed by atoms with E-state index in [4.69, 9.17) is 9.47 Å². The van der Waals surface area contributed by atoms with E-state index in [0.29, 0.717) is 18.6 Å². The molecule has 0 fully saturated rings. The molecule has 13 nitrogen and oxygen atoms in total. The van der Waals surface area contributed by atoms with Crippen molar-refractivity contribution in [1.29, 1.82) is 0 Å². The summed E-state index contributed by atoms with van der Waals surface area (Å²) in [7, 11) is 1.45. The minimum Gasteiger partial charge on any atom is -0.499 e. The molecule has 1 aromatic carbocycles. The predicted octanol–water partition coefficient (Wildman–Crippen LogP) is 4.37. The summed E-state index contributed by atoms with van der Waals surface area (Å²) in [6.45, 7) is 16.9. The van der Waals surface area contributed by atoms with Gasteiger partial charge in [-0.3, -0.25) is 28.9 Å². The Morgan fingerprint density at radius 2 is 1.37 bits per heavy atom. The monoisotopic (exact) mass is 725 g/mol. The SMILES string of the molecule is CC[C@H](C)[C@H](NC(=O)OCc1ccccc1)C(=O)N[C@@H](CC(C)C)C(=O)N[C@@H](CC(C)C)C(=O)N[C@@H](C)/C=C/C(=O)N1C(=O)C=C(OC)[C@@H]1C(C)C. The van der Waals surface area contributed by atoms with E-state index in [-0.39, 0.29) is 36.7 Å². The highest BCUT2D eigenvalue weighted by Gasteiger charge is 2.39. The molecule has 1 aliphatic heterocycles. The second-order valence-electron chi connectivity index (χ2n) is 14.6. The number of nitrogens with zero attached hydrogens (tertiary/aromatic N) is 1. The van der Waals surface area contributed by atoms with Crippen LogP contribution in [0.5, 0.6) is 0 Å². The molecule has 0 saturated carbocycles. The van der Waals surface area contributed by atoms with Gasteiger partial charge in [-0.05, 0) is 49.0 Å². The minimum atomic E-state index is -0.990. The number of hydrogen-bond acceptors (Lipinski definition) is 8. The molecule has 0 unspecified atom stereocenters. The first-order chi connectivity index (χ1) is 24.5. The first-order valence-corrected chi connectivity index (χ1v) is 18.2. The molecule has 1 aromatic rings. The third-order valence-corrected chi connectivity index (χ3v) is 8.74. The van der Waals surface area contributed by atoms with Crippen LogP contribution >= 0.6 is 0 Å². The Morgan fingerprint density at radius 3 is 1.88 bits per heavy atom. The van der Waals surface area contributed by atoms with E-state index < -0.39 is 65.8 Å². The topological polar surface area (TPSA) is 172 Å². The van der Waals surface area contributed by atoms with Gasteiger partial charge in [0.25, 0.3) is 11.8 Å². The van der Waals surface area contributed by atoms with Gasteiger partial charge in [-0.1, -0.05) is 98.2 Å². The molecular formula is C39H59N5O8. The molecule has 0 radical (unpaired) electrons. The molecule has 2 rings (SSSR count). The molecule has 1 aliphatic rings. The summed E-state index contributed by atoms with van der Waals surface area (Å²) in [6.07, 6.45) is 4.45. The molecule has 0 aromatic heterocycles. The Hall–Kier alpha value is -4.68. The van der Waals surface area contributed by atoms with E-state index in [2.05, 4.69) is 21.3 Å². The maximum atomic E-state index is 13.7. The van der Waals surface area contributed by atoms with Crippen LogP contribution in [-0.2, 0) is 40.1 Å².